The molecule has 1 aliphatic rings. The van der Waals surface area contributed by atoms with E-state index >= 15 is 0 Å². The summed E-state index contributed by atoms with van der Waals surface area (Å²) in [6.07, 6.45) is -1.46. The Morgan fingerprint density at radius 2 is 1.90 bits per heavy atom. The predicted octanol–water partition coefficient (Wildman–Crippen LogP) is 0.926. The standard InChI is InChI=1S/C13H17NO6/c1-7(11(15)19-9(3)14-4)8(2)12(16)20-10-5-6-18-13(10)17/h7-10H,5-6H2,1-3H3. The number of carbonyl (C=O) groups excluding carboxylic acids is 3. The van der Waals surface area contributed by atoms with E-state index in [4.69, 9.17) is 16.0 Å². The highest BCUT2D eigenvalue weighted by molar-refractivity contribution is 5.84. The van der Waals surface area contributed by atoms with Gasteiger partial charge in [0.1, 0.15) is 0 Å². The van der Waals surface area contributed by atoms with Gasteiger partial charge in [-0.2, -0.15) is 0 Å². The average molecular weight is 283 g/mol. The minimum absolute atomic E-state index is 0.227. The fraction of sp³-hybridized carbons (Fsp3) is 0.692. The van der Waals surface area contributed by atoms with Crippen LogP contribution in [0.4, 0.5) is 0 Å². The van der Waals surface area contributed by atoms with Crippen LogP contribution in [0.15, 0.2) is 0 Å². The molecule has 0 spiro atoms. The maximum Gasteiger partial charge on any atom is 0.365 e. The van der Waals surface area contributed by atoms with Crippen molar-refractivity contribution in [3.8, 4) is 0 Å². The lowest BCUT2D eigenvalue weighted by Gasteiger charge is -2.18. The van der Waals surface area contributed by atoms with E-state index in [9.17, 15) is 14.4 Å². The van der Waals surface area contributed by atoms with E-state index in [2.05, 4.69) is 9.58 Å². The number of ether oxygens (including phenoxy) is 3. The van der Waals surface area contributed by atoms with E-state index in [0.717, 1.165) is 0 Å². The summed E-state index contributed by atoms with van der Waals surface area (Å²) < 4.78 is 14.5. The zero-order valence-electron chi connectivity index (χ0n) is 11.6. The van der Waals surface area contributed by atoms with E-state index in [1.807, 2.05) is 0 Å². The molecule has 0 aromatic heterocycles. The smallest absolute Gasteiger partial charge is 0.365 e. The Kier molecular flexibility index (Phi) is 5.50. The molecule has 0 aromatic carbocycles. The summed E-state index contributed by atoms with van der Waals surface area (Å²) in [5.74, 6) is -3.40. The Morgan fingerprint density at radius 1 is 1.30 bits per heavy atom. The summed E-state index contributed by atoms with van der Waals surface area (Å²) in [5.41, 5.74) is 0. The SMILES string of the molecule is [C-]#[N+]C(C)OC(=O)C(C)C(C)C(=O)OC1CCOC1=O. The number of esters is 3. The van der Waals surface area contributed by atoms with Gasteiger partial charge in [-0.3, -0.25) is 14.4 Å². The Bertz CT molecular complexity index is 441. The maximum atomic E-state index is 11.8. The van der Waals surface area contributed by atoms with Crippen molar-refractivity contribution in [3.63, 3.8) is 0 Å². The molecule has 7 nitrogen and oxygen atoms in total. The lowest BCUT2D eigenvalue weighted by molar-refractivity contribution is -0.168. The quantitative estimate of drug-likeness (QED) is 0.424. The molecule has 0 aliphatic carbocycles. The van der Waals surface area contributed by atoms with Crippen molar-refractivity contribution < 1.29 is 28.6 Å². The molecule has 0 aromatic rings. The first-order valence-electron chi connectivity index (χ1n) is 6.31. The summed E-state index contributed by atoms with van der Waals surface area (Å²) in [6, 6.07) is 0. The third-order valence-electron chi connectivity index (χ3n) is 3.11. The molecule has 0 radical (unpaired) electrons. The minimum atomic E-state index is -0.893. The van der Waals surface area contributed by atoms with Crippen LogP contribution in [0.5, 0.6) is 0 Å². The van der Waals surface area contributed by atoms with E-state index in [1.54, 1.807) is 0 Å². The van der Waals surface area contributed by atoms with Crippen LogP contribution in [0.1, 0.15) is 27.2 Å². The molecule has 1 fully saturated rings. The minimum Gasteiger partial charge on any atom is -0.463 e. The zero-order chi connectivity index (χ0) is 15.3. The Labute approximate surface area is 117 Å². The Hall–Kier alpha value is -2.10. The molecular weight excluding hydrogens is 266 g/mol. The third-order valence-corrected chi connectivity index (χ3v) is 3.11. The molecule has 20 heavy (non-hydrogen) atoms. The van der Waals surface area contributed by atoms with Crippen molar-refractivity contribution in [1.82, 2.24) is 0 Å². The number of rotatable bonds is 5. The van der Waals surface area contributed by atoms with E-state index < -0.39 is 42.1 Å². The molecule has 1 aliphatic heterocycles. The van der Waals surface area contributed by atoms with Crippen molar-refractivity contribution in [3.05, 3.63) is 11.4 Å². The second kappa shape index (κ2) is 6.89. The molecule has 1 heterocycles. The molecule has 110 valence electrons. The van der Waals surface area contributed by atoms with Gasteiger partial charge in [0.15, 0.2) is 0 Å². The van der Waals surface area contributed by atoms with Crippen LogP contribution in [-0.2, 0) is 28.6 Å². The first-order valence-corrected chi connectivity index (χ1v) is 6.31. The summed E-state index contributed by atoms with van der Waals surface area (Å²) in [4.78, 5) is 37.8. The molecule has 0 saturated carbocycles. The molecule has 0 N–H and O–H groups in total. The fourth-order valence-corrected chi connectivity index (χ4v) is 1.54. The van der Waals surface area contributed by atoms with Crippen LogP contribution in [0.3, 0.4) is 0 Å². The largest absolute Gasteiger partial charge is 0.463 e. The van der Waals surface area contributed by atoms with Crippen LogP contribution in [-0.4, -0.2) is 36.8 Å². The van der Waals surface area contributed by atoms with Gasteiger partial charge in [-0.1, -0.05) is 13.8 Å². The van der Waals surface area contributed by atoms with Gasteiger partial charge in [0.2, 0.25) is 6.10 Å². The van der Waals surface area contributed by atoms with Gasteiger partial charge in [-0.25, -0.2) is 11.4 Å². The van der Waals surface area contributed by atoms with Crippen molar-refractivity contribution in [1.29, 1.82) is 0 Å². The molecule has 0 bridgehead atoms. The third kappa shape index (κ3) is 3.95. The van der Waals surface area contributed by atoms with E-state index in [1.165, 1.54) is 20.8 Å². The van der Waals surface area contributed by atoms with Crippen molar-refractivity contribution in [2.45, 2.75) is 39.5 Å². The van der Waals surface area contributed by atoms with Gasteiger partial charge >= 0.3 is 24.1 Å². The molecule has 4 unspecified atom stereocenters. The van der Waals surface area contributed by atoms with Gasteiger partial charge in [0.25, 0.3) is 0 Å². The van der Waals surface area contributed by atoms with Crippen LogP contribution in [0.2, 0.25) is 0 Å². The van der Waals surface area contributed by atoms with Gasteiger partial charge in [0.05, 0.1) is 25.4 Å². The molecule has 4 atom stereocenters. The average Bonchev–Trinajstić information content (AvgIpc) is 2.82. The van der Waals surface area contributed by atoms with Gasteiger partial charge in [0, 0.05) is 6.42 Å². The van der Waals surface area contributed by atoms with E-state index in [0.29, 0.717) is 6.42 Å². The summed E-state index contributed by atoms with van der Waals surface area (Å²) in [5, 5.41) is 0. The number of carbonyl (C=O) groups is 3. The van der Waals surface area contributed by atoms with Crippen molar-refractivity contribution in [2.75, 3.05) is 6.61 Å². The highest BCUT2D eigenvalue weighted by Gasteiger charge is 2.35. The number of nitrogens with zero attached hydrogens (tertiary/aromatic N) is 1. The first-order chi connectivity index (χ1) is 9.36. The van der Waals surface area contributed by atoms with E-state index in [-0.39, 0.29) is 6.61 Å². The molecule has 0 amide bonds. The monoisotopic (exact) mass is 283 g/mol. The van der Waals surface area contributed by atoms with Crippen molar-refractivity contribution >= 4 is 17.9 Å². The highest BCUT2D eigenvalue weighted by Crippen LogP contribution is 2.19. The lowest BCUT2D eigenvalue weighted by atomic mass is 9.96. The zero-order valence-corrected chi connectivity index (χ0v) is 11.6. The van der Waals surface area contributed by atoms with Gasteiger partial charge in [-0.05, 0) is 0 Å². The topological polar surface area (TPSA) is 83.3 Å². The molecular formula is C13H17NO6. The van der Waals surface area contributed by atoms with Crippen LogP contribution in [0.25, 0.3) is 4.85 Å². The Morgan fingerprint density at radius 3 is 2.40 bits per heavy atom. The normalized spacial score (nSPS) is 22.1. The first kappa shape index (κ1) is 16.0. The van der Waals surface area contributed by atoms with Gasteiger partial charge in [-0.15, -0.1) is 0 Å². The fourth-order valence-electron chi connectivity index (χ4n) is 1.54. The molecule has 7 heteroatoms. The summed E-state index contributed by atoms with van der Waals surface area (Å²) in [6.45, 7) is 11.4. The van der Waals surface area contributed by atoms with Crippen LogP contribution in [0, 0.1) is 18.4 Å². The van der Waals surface area contributed by atoms with Crippen LogP contribution >= 0.6 is 0 Å². The second-order valence-corrected chi connectivity index (χ2v) is 4.62. The Balaban J connectivity index is 2.53. The number of hydrogen-bond acceptors (Lipinski definition) is 6. The lowest BCUT2D eigenvalue weighted by Crippen LogP contribution is -2.33. The predicted molar refractivity (Wildman–Crippen MR) is 65.9 cm³/mol. The molecule has 1 rings (SSSR count). The second-order valence-electron chi connectivity index (χ2n) is 4.62. The van der Waals surface area contributed by atoms with Gasteiger partial charge < -0.3 is 14.2 Å². The molecule has 1 saturated heterocycles. The van der Waals surface area contributed by atoms with Crippen LogP contribution < -0.4 is 0 Å². The number of cyclic esters (lactones) is 1. The summed E-state index contributed by atoms with van der Waals surface area (Å²) >= 11 is 0. The van der Waals surface area contributed by atoms with Crippen molar-refractivity contribution in [2.24, 2.45) is 11.8 Å². The summed E-state index contributed by atoms with van der Waals surface area (Å²) in [7, 11) is 0. The maximum absolute atomic E-state index is 11.8. The highest BCUT2D eigenvalue weighted by atomic mass is 16.6. The number of hydrogen-bond donors (Lipinski definition) is 0.